The Labute approximate surface area is 124 Å². The second kappa shape index (κ2) is 9.88. The number of hydrogen-bond donors (Lipinski definition) is 2. The summed E-state index contributed by atoms with van der Waals surface area (Å²) in [6.45, 7) is 2.10. The Morgan fingerprint density at radius 1 is 1.52 bits per heavy atom. The standard InChI is InChI=1S/C15H23N3O3/c1-2-3-4-6-13(7-5-8-19)21-15(20)14(16)9-12-10-17-11-18-12/h7-8,10-11,14H,2-6,9,16H2,1H3,(H,17,18)/t14-/m0/s1. The molecule has 1 aromatic heterocycles. The van der Waals surface area contributed by atoms with Crippen LogP contribution in [0.3, 0.4) is 0 Å². The smallest absolute Gasteiger partial charge is 0.328 e. The summed E-state index contributed by atoms with van der Waals surface area (Å²) >= 11 is 0. The molecular weight excluding hydrogens is 270 g/mol. The van der Waals surface area contributed by atoms with E-state index in [1.807, 2.05) is 0 Å². The monoisotopic (exact) mass is 293 g/mol. The number of aromatic nitrogens is 2. The number of carbonyl (C=O) groups is 2. The fraction of sp³-hybridized carbons (Fsp3) is 0.533. The summed E-state index contributed by atoms with van der Waals surface area (Å²) in [5.41, 5.74) is 6.60. The van der Waals surface area contributed by atoms with Gasteiger partial charge in [-0.25, -0.2) is 9.78 Å². The van der Waals surface area contributed by atoms with Gasteiger partial charge in [-0.1, -0.05) is 19.8 Å². The topological polar surface area (TPSA) is 98.1 Å². The van der Waals surface area contributed by atoms with Gasteiger partial charge < -0.3 is 20.2 Å². The van der Waals surface area contributed by atoms with Crippen molar-refractivity contribution in [2.75, 3.05) is 0 Å². The molecule has 6 heteroatoms. The number of nitrogens with zero attached hydrogens (tertiary/aromatic N) is 1. The molecule has 1 rings (SSSR count). The van der Waals surface area contributed by atoms with Crippen LogP contribution in [0, 0.1) is 0 Å². The highest BCUT2D eigenvalue weighted by molar-refractivity contribution is 5.76. The van der Waals surface area contributed by atoms with Gasteiger partial charge in [0.2, 0.25) is 0 Å². The third-order valence-corrected chi connectivity index (χ3v) is 3.00. The predicted octanol–water partition coefficient (Wildman–Crippen LogP) is 1.88. The molecule has 0 radical (unpaired) electrons. The number of ether oxygens (including phenoxy) is 1. The molecule has 0 unspecified atom stereocenters. The van der Waals surface area contributed by atoms with Crippen LogP contribution in [0.5, 0.6) is 0 Å². The number of hydrogen-bond acceptors (Lipinski definition) is 5. The number of aldehydes is 1. The lowest BCUT2D eigenvalue weighted by Gasteiger charge is -2.13. The van der Waals surface area contributed by atoms with Crippen molar-refractivity contribution in [3.05, 3.63) is 30.1 Å². The van der Waals surface area contributed by atoms with E-state index in [4.69, 9.17) is 10.5 Å². The van der Waals surface area contributed by atoms with Gasteiger partial charge in [-0.2, -0.15) is 0 Å². The summed E-state index contributed by atoms with van der Waals surface area (Å²) in [6.07, 6.45) is 9.85. The van der Waals surface area contributed by atoms with Crippen LogP contribution >= 0.6 is 0 Å². The molecule has 0 fully saturated rings. The zero-order valence-electron chi connectivity index (χ0n) is 12.4. The Kier molecular flexibility index (Phi) is 8.04. The molecular formula is C15H23N3O3. The molecule has 0 aromatic carbocycles. The molecule has 21 heavy (non-hydrogen) atoms. The van der Waals surface area contributed by atoms with E-state index >= 15 is 0 Å². The number of esters is 1. The van der Waals surface area contributed by atoms with E-state index in [-0.39, 0.29) is 6.42 Å². The van der Waals surface area contributed by atoms with Crippen LogP contribution in [0.15, 0.2) is 24.4 Å². The minimum atomic E-state index is -0.753. The maximum atomic E-state index is 12.0. The lowest BCUT2D eigenvalue weighted by atomic mass is 10.1. The molecule has 3 N–H and O–H groups in total. The number of H-pyrrole nitrogens is 1. The van der Waals surface area contributed by atoms with Crippen LogP contribution in [0.25, 0.3) is 0 Å². The third-order valence-electron chi connectivity index (χ3n) is 3.00. The first kappa shape index (κ1) is 17.1. The Balaban J connectivity index is 2.51. The largest absolute Gasteiger partial charge is 0.430 e. The van der Waals surface area contributed by atoms with Crippen LogP contribution < -0.4 is 5.73 Å². The number of nitrogens with two attached hydrogens (primary N) is 1. The van der Waals surface area contributed by atoms with Gasteiger partial charge in [-0.3, -0.25) is 0 Å². The molecule has 1 atom stereocenters. The van der Waals surface area contributed by atoms with E-state index < -0.39 is 12.0 Å². The zero-order chi connectivity index (χ0) is 15.5. The van der Waals surface area contributed by atoms with Gasteiger partial charge in [0, 0.05) is 31.2 Å². The van der Waals surface area contributed by atoms with Gasteiger partial charge >= 0.3 is 5.97 Å². The van der Waals surface area contributed by atoms with Gasteiger partial charge in [-0.15, -0.1) is 0 Å². The van der Waals surface area contributed by atoms with Crippen molar-refractivity contribution in [2.45, 2.75) is 51.5 Å². The van der Waals surface area contributed by atoms with Crippen LogP contribution in [-0.4, -0.2) is 28.3 Å². The summed E-state index contributed by atoms with van der Waals surface area (Å²) in [5, 5.41) is 0. The fourth-order valence-corrected chi connectivity index (χ4v) is 1.85. The van der Waals surface area contributed by atoms with Gasteiger partial charge in [0.25, 0.3) is 0 Å². The molecule has 0 saturated heterocycles. The molecule has 0 aliphatic carbocycles. The van der Waals surface area contributed by atoms with E-state index in [1.165, 1.54) is 6.33 Å². The van der Waals surface area contributed by atoms with Gasteiger partial charge in [0.05, 0.1) is 6.33 Å². The molecule has 1 aromatic rings. The van der Waals surface area contributed by atoms with Crippen LogP contribution in [0.4, 0.5) is 0 Å². The average Bonchev–Trinajstić information content (AvgIpc) is 2.97. The Hall–Kier alpha value is -1.95. The highest BCUT2D eigenvalue weighted by Crippen LogP contribution is 2.12. The molecule has 6 nitrogen and oxygen atoms in total. The number of allylic oxidation sites excluding steroid dienone is 2. The van der Waals surface area contributed by atoms with E-state index in [2.05, 4.69) is 16.9 Å². The number of nitrogens with one attached hydrogen (secondary N) is 1. The van der Waals surface area contributed by atoms with Crippen molar-refractivity contribution in [3.8, 4) is 0 Å². The Bertz CT molecular complexity index is 455. The van der Waals surface area contributed by atoms with E-state index in [0.29, 0.717) is 18.6 Å². The second-order valence-corrected chi connectivity index (χ2v) is 4.84. The Morgan fingerprint density at radius 2 is 2.33 bits per heavy atom. The third kappa shape index (κ3) is 6.85. The van der Waals surface area contributed by atoms with Gasteiger partial charge in [-0.05, 0) is 12.5 Å². The molecule has 0 amide bonds. The SMILES string of the molecule is CCCCCC(=CCC=O)OC(=O)[C@@H](N)Cc1cnc[nH]1. The first-order valence-corrected chi connectivity index (χ1v) is 7.24. The lowest BCUT2D eigenvalue weighted by molar-refractivity contribution is -0.141. The molecule has 0 bridgehead atoms. The Morgan fingerprint density at radius 3 is 2.95 bits per heavy atom. The van der Waals surface area contributed by atoms with Crippen LogP contribution in [0.1, 0.15) is 44.7 Å². The lowest BCUT2D eigenvalue weighted by Crippen LogP contribution is -2.34. The van der Waals surface area contributed by atoms with E-state index in [9.17, 15) is 9.59 Å². The second-order valence-electron chi connectivity index (χ2n) is 4.84. The minimum absolute atomic E-state index is 0.241. The van der Waals surface area contributed by atoms with E-state index in [0.717, 1.165) is 31.2 Å². The normalized spacial score (nSPS) is 13.0. The summed E-state index contributed by atoms with van der Waals surface area (Å²) in [7, 11) is 0. The van der Waals surface area contributed by atoms with Crippen molar-refractivity contribution in [3.63, 3.8) is 0 Å². The molecule has 116 valence electrons. The average molecular weight is 293 g/mol. The molecule has 0 aliphatic rings. The van der Waals surface area contributed by atoms with Crippen molar-refractivity contribution in [2.24, 2.45) is 5.73 Å². The van der Waals surface area contributed by atoms with Gasteiger partial charge in [0.1, 0.15) is 18.1 Å². The summed E-state index contributed by atoms with van der Waals surface area (Å²) in [6, 6.07) is -0.753. The zero-order valence-corrected chi connectivity index (χ0v) is 12.4. The van der Waals surface area contributed by atoms with Gasteiger partial charge in [0.15, 0.2) is 0 Å². The summed E-state index contributed by atoms with van der Waals surface area (Å²) in [5.74, 6) is 0.0406. The van der Waals surface area contributed by atoms with Crippen molar-refractivity contribution >= 4 is 12.3 Å². The summed E-state index contributed by atoms with van der Waals surface area (Å²) in [4.78, 5) is 29.2. The van der Waals surface area contributed by atoms with Crippen molar-refractivity contribution < 1.29 is 14.3 Å². The van der Waals surface area contributed by atoms with Crippen LogP contribution in [-0.2, 0) is 20.7 Å². The van der Waals surface area contributed by atoms with Crippen molar-refractivity contribution in [1.82, 2.24) is 9.97 Å². The predicted molar refractivity (Wildman–Crippen MR) is 79.3 cm³/mol. The highest BCUT2D eigenvalue weighted by Gasteiger charge is 2.18. The van der Waals surface area contributed by atoms with Crippen molar-refractivity contribution in [1.29, 1.82) is 0 Å². The number of imidazole rings is 1. The maximum Gasteiger partial charge on any atom is 0.328 e. The first-order chi connectivity index (χ1) is 10.2. The molecule has 0 aliphatic heterocycles. The number of carbonyl (C=O) groups excluding carboxylic acids is 2. The summed E-state index contributed by atoms with van der Waals surface area (Å²) < 4.78 is 5.31. The maximum absolute atomic E-state index is 12.0. The van der Waals surface area contributed by atoms with Crippen LogP contribution in [0.2, 0.25) is 0 Å². The number of rotatable bonds is 10. The minimum Gasteiger partial charge on any atom is -0.430 e. The van der Waals surface area contributed by atoms with E-state index in [1.54, 1.807) is 12.3 Å². The molecule has 0 spiro atoms. The molecule has 0 saturated carbocycles. The number of aromatic amines is 1. The highest BCUT2D eigenvalue weighted by atomic mass is 16.5. The first-order valence-electron chi connectivity index (χ1n) is 7.24. The quantitative estimate of drug-likeness (QED) is 0.297. The fourth-order valence-electron chi connectivity index (χ4n) is 1.85. The molecule has 1 heterocycles. The number of unbranched alkanes of at least 4 members (excludes halogenated alkanes) is 2.